The summed E-state index contributed by atoms with van der Waals surface area (Å²) in [6, 6.07) is 15.1. The first-order valence-electron chi connectivity index (χ1n) is 7.53. The van der Waals surface area contributed by atoms with Gasteiger partial charge in [0.25, 0.3) is 5.91 Å². The van der Waals surface area contributed by atoms with Gasteiger partial charge >= 0.3 is 0 Å². The van der Waals surface area contributed by atoms with Crippen molar-refractivity contribution in [2.24, 2.45) is 0 Å². The van der Waals surface area contributed by atoms with Gasteiger partial charge in [-0.3, -0.25) is 4.79 Å². The Morgan fingerprint density at radius 3 is 2.65 bits per heavy atom. The van der Waals surface area contributed by atoms with Crippen molar-refractivity contribution < 1.29 is 14.3 Å². The van der Waals surface area contributed by atoms with Gasteiger partial charge in [0.05, 0.1) is 12.2 Å². The van der Waals surface area contributed by atoms with Crippen molar-refractivity contribution in [1.82, 2.24) is 5.32 Å². The van der Waals surface area contributed by atoms with Crippen LogP contribution in [0.5, 0.6) is 5.75 Å². The summed E-state index contributed by atoms with van der Waals surface area (Å²) in [4.78, 5) is 12.3. The number of amides is 1. The van der Waals surface area contributed by atoms with Crippen LogP contribution in [0.2, 0.25) is 0 Å². The summed E-state index contributed by atoms with van der Waals surface area (Å²) in [5.74, 6) is 0.407. The summed E-state index contributed by atoms with van der Waals surface area (Å²) < 4.78 is 12.0. The molecule has 0 fully saturated rings. The maximum Gasteiger partial charge on any atom is 0.255 e. The standard InChI is InChI=1S/C18H20BrNO3/c1-2-22-12-11-20-18(21)15-8-4-6-10-17(15)23-13-14-7-3-5-9-16(14)19/h3-10H,2,11-13H2,1H3,(H,20,21). The third-order valence-electron chi connectivity index (χ3n) is 3.21. The Kier molecular flexibility index (Phi) is 7.10. The summed E-state index contributed by atoms with van der Waals surface area (Å²) in [6.07, 6.45) is 0. The number of hydrogen-bond donors (Lipinski definition) is 1. The monoisotopic (exact) mass is 377 g/mol. The fourth-order valence-corrected chi connectivity index (χ4v) is 2.43. The number of para-hydroxylation sites is 1. The fraction of sp³-hybridized carbons (Fsp3) is 0.278. The first kappa shape index (κ1) is 17.5. The van der Waals surface area contributed by atoms with Gasteiger partial charge in [-0.1, -0.05) is 46.3 Å². The highest BCUT2D eigenvalue weighted by molar-refractivity contribution is 9.10. The first-order valence-corrected chi connectivity index (χ1v) is 8.33. The number of ether oxygens (including phenoxy) is 2. The Morgan fingerprint density at radius 1 is 1.13 bits per heavy atom. The SMILES string of the molecule is CCOCCNC(=O)c1ccccc1OCc1ccccc1Br. The van der Waals surface area contributed by atoms with Crippen LogP contribution in [0, 0.1) is 0 Å². The Labute approximate surface area is 144 Å². The Morgan fingerprint density at radius 2 is 1.87 bits per heavy atom. The molecule has 0 unspecified atom stereocenters. The van der Waals surface area contributed by atoms with E-state index in [4.69, 9.17) is 9.47 Å². The van der Waals surface area contributed by atoms with Crippen molar-refractivity contribution in [3.8, 4) is 5.75 Å². The smallest absolute Gasteiger partial charge is 0.255 e. The topological polar surface area (TPSA) is 47.6 Å². The molecule has 0 saturated carbocycles. The maximum absolute atomic E-state index is 12.3. The predicted octanol–water partition coefficient (Wildman–Crippen LogP) is 3.79. The molecule has 0 saturated heterocycles. The summed E-state index contributed by atoms with van der Waals surface area (Å²) in [6.45, 7) is 3.94. The number of halogens is 1. The average Bonchev–Trinajstić information content (AvgIpc) is 2.58. The molecule has 0 bridgehead atoms. The fourth-order valence-electron chi connectivity index (χ4n) is 2.03. The summed E-state index contributed by atoms with van der Waals surface area (Å²) >= 11 is 3.49. The molecule has 5 heteroatoms. The molecule has 2 aromatic rings. The van der Waals surface area contributed by atoms with Gasteiger partial charge in [0, 0.05) is 23.2 Å². The molecule has 1 N–H and O–H groups in total. The van der Waals surface area contributed by atoms with Gasteiger partial charge in [0.1, 0.15) is 12.4 Å². The molecule has 23 heavy (non-hydrogen) atoms. The highest BCUT2D eigenvalue weighted by Crippen LogP contribution is 2.22. The van der Waals surface area contributed by atoms with Crippen LogP contribution in [0.1, 0.15) is 22.8 Å². The number of carbonyl (C=O) groups excluding carboxylic acids is 1. The summed E-state index contributed by atoms with van der Waals surface area (Å²) in [7, 11) is 0. The lowest BCUT2D eigenvalue weighted by Crippen LogP contribution is -2.27. The quantitative estimate of drug-likeness (QED) is 0.711. The highest BCUT2D eigenvalue weighted by Gasteiger charge is 2.12. The number of hydrogen-bond acceptors (Lipinski definition) is 3. The van der Waals surface area contributed by atoms with E-state index in [1.165, 1.54) is 0 Å². The van der Waals surface area contributed by atoms with Crippen LogP contribution in [0.3, 0.4) is 0 Å². The second-order valence-corrected chi connectivity index (χ2v) is 5.68. The van der Waals surface area contributed by atoms with Crippen LogP contribution < -0.4 is 10.1 Å². The number of nitrogens with one attached hydrogen (secondary N) is 1. The van der Waals surface area contributed by atoms with E-state index in [9.17, 15) is 4.79 Å². The molecule has 0 atom stereocenters. The molecule has 0 aliphatic rings. The van der Waals surface area contributed by atoms with Crippen LogP contribution in [0.15, 0.2) is 53.0 Å². The van der Waals surface area contributed by atoms with E-state index < -0.39 is 0 Å². The third-order valence-corrected chi connectivity index (χ3v) is 3.98. The van der Waals surface area contributed by atoms with E-state index in [2.05, 4.69) is 21.2 Å². The van der Waals surface area contributed by atoms with Crippen molar-refractivity contribution in [3.05, 3.63) is 64.1 Å². The molecular formula is C18H20BrNO3. The summed E-state index contributed by atoms with van der Waals surface area (Å²) in [5.41, 5.74) is 1.55. The van der Waals surface area contributed by atoms with Crippen molar-refractivity contribution in [2.75, 3.05) is 19.8 Å². The largest absolute Gasteiger partial charge is 0.488 e. The van der Waals surface area contributed by atoms with Crippen LogP contribution in [-0.4, -0.2) is 25.7 Å². The van der Waals surface area contributed by atoms with E-state index in [1.807, 2.05) is 43.3 Å². The molecule has 0 aromatic heterocycles. The minimum absolute atomic E-state index is 0.160. The second kappa shape index (κ2) is 9.33. The van der Waals surface area contributed by atoms with Crippen LogP contribution in [-0.2, 0) is 11.3 Å². The van der Waals surface area contributed by atoms with E-state index in [1.54, 1.807) is 12.1 Å². The summed E-state index contributed by atoms with van der Waals surface area (Å²) in [5, 5.41) is 2.83. The molecule has 1 amide bonds. The molecule has 0 spiro atoms. The van der Waals surface area contributed by atoms with Crippen molar-refractivity contribution in [2.45, 2.75) is 13.5 Å². The normalized spacial score (nSPS) is 10.3. The van der Waals surface area contributed by atoms with Crippen LogP contribution >= 0.6 is 15.9 Å². The average molecular weight is 378 g/mol. The van der Waals surface area contributed by atoms with Gasteiger partial charge in [-0.05, 0) is 25.1 Å². The second-order valence-electron chi connectivity index (χ2n) is 4.83. The third kappa shape index (κ3) is 5.37. The Bertz CT molecular complexity index is 646. The molecule has 0 radical (unpaired) electrons. The molecule has 0 aliphatic heterocycles. The molecule has 4 nitrogen and oxygen atoms in total. The van der Waals surface area contributed by atoms with E-state index in [0.29, 0.717) is 37.7 Å². The van der Waals surface area contributed by atoms with Gasteiger partial charge in [0.15, 0.2) is 0 Å². The van der Waals surface area contributed by atoms with E-state index in [0.717, 1.165) is 10.0 Å². The highest BCUT2D eigenvalue weighted by atomic mass is 79.9. The van der Waals surface area contributed by atoms with Gasteiger partial charge in [-0.15, -0.1) is 0 Å². The van der Waals surface area contributed by atoms with Gasteiger partial charge in [-0.2, -0.15) is 0 Å². The zero-order valence-corrected chi connectivity index (χ0v) is 14.6. The van der Waals surface area contributed by atoms with Crippen LogP contribution in [0.25, 0.3) is 0 Å². The Hall–Kier alpha value is -1.85. The van der Waals surface area contributed by atoms with Gasteiger partial charge < -0.3 is 14.8 Å². The van der Waals surface area contributed by atoms with E-state index >= 15 is 0 Å². The lowest BCUT2D eigenvalue weighted by atomic mass is 10.2. The zero-order valence-electron chi connectivity index (χ0n) is 13.0. The van der Waals surface area contributed by atoms with Gasteiger partial charge in [-0.25, -0.2) is 0 Å². The van der Waals surface area contributed by atoms with Gasteiger partial charge in [0.2, 0.25) is 0 Å². The number of benzene rings is 2. The predicted molar refractivity (Wildman–Crippen MR) is 93.7 cm³/mol. The lowest BCUT2D eigenvalue weighted by Gasteiger charge is -2.12. The molecule has 2 aromatic carbocycles. The van der Waals surface area contributed by atoms with Crippen molar-refractivity contribution >= 4 is 21.8 Å². The number of rotatable bonds is 8. The van der Waals surface area contributed by atoms with Crippen molar-refractivity contribution in [3.63, 3.8) is 0 Å². The minimum Gasteiger partial charge on any atom is -0.488 e. The first-order chi connectivity index (χ1) is 11.2. The minimum atomic E-state index is -0.160. The van der Waals surface area contributed by atoms with Crippen molar-refractivity contribution in [1.29, 1.82) is 0 Å². The lowest BCUT2D eigenvalue weighted by molar-refractivity contribution is 0.0918. The van der Waals surface area contributed by atoms with Crippen LogP contribution in [0.4, 0.5) is 0 Å². The zero-order chi connectivity index (χ0) is 16.5. The molecular weight excluding hydrogens is 358 g/mol. The molecule has 122 valence electrons. The molecule has 2 rings (SSSR count). The number of carbonyl (C=O) groups is 1. The Balaban J connectivity index is 2.00. The van der Waals surface area contributed by atoms with E-state index in [-0.39, 0.29) is 5.91 Å². The maximum atomic E-state index is 12.3. The molecule has 0 aliphatic carbocycles. The molecule has 0 heterocycles.